The van der Waals surface area contributed by atoms with Crippen molar-refractivity contribution in [2.24, 2.45) is 0 Å². The van der Waals surface area contributed by atoms with Crippen molar-refractivity contribution in [3.63, 3.8) is 0 Å². The highest BCUT2D eigenvalue weighted by Gasteiger charge is 2.29. The van der Waals surface area contributed by atoms with E-state index in [9.17, 15) is 14.8 Å². The first-order chi connectivity index (χ1) is 15.0. The van der Waals surface area contributed by atoms with E-state index in [4.69, 9.17) is 5.73 Å². The lowest BCUT2D eigenvalue weighted by Crippen LogP contribution is -2.29. The molecule has 1 unspecified atom stereocenters. The van der Waals surface area contributed by atoms with Crippen molar-refractivity contribution >= 4 is 29.3 Å². The molecule has 0 saturated heterocycles. The molecule has 0 radical (unpaired) electrons. The minimum Gasteiger partial charge on any atom is -0.397 e. The van der Waals surface area contributed by atoms with Crippen LogP contribution < -0.4 is 11.1 Å². The van der Waals surface area contributed by atoms with E-state index < -0.39 is 5.91 Å². The molecule has 3 aromatic carbocycles. The van der Waals surface area contributed by atoms with Gasteiger partial charge in [0.05, 0.1) is 17.4 Å². The molecule has 2 amide bonds. The van der Waals surface area contributed by atoms with Gasteiger partial charge in [0.2, 0.25) is 0 Å². The fourth-order valence-corrected chi connectivity index (χ4v) is 3.74. The van der Waals surface area contributed by atoms with Gasteiger partial charge in [0.1, 0.15) is 0 Å². The van der Waals surface area contributed by atoms with Crippen LogP contribution in [-0.2, 0) is 11.2 Å². The van der Waals surface area contributed by atoms with Crippen molar-refractivity contribution in [3.05, 3.63) is 101 Å². The number of nitrogens with two attached hydrogens (primary N) is 1. The van der Waals surface area contributed by atoms with Crippen LogP contribution >= 0.6 is 0 Å². The van der Waals surface area contributed by atoms with Gasteiger partial charge in [-0.15, -0.1) is 0 Å². The van der Waals surface area contributed by atoms with Gasteiger partial charge >= 0.3 is 0 Å². The van der Waals surface area contributed by atoms with Crippen molar-refractivity contribution < 1.29 is 14.8 Å². The molecule has 0 fully saturated rings. The van der Waals surface area contributed by atoms with Gasteiger partial charge in [0.25, 0.3) is 11.8 Å². The largest absolute Gasteiger partial charge is 0.397 e. The number of hydrogen-bond acceptors (Lipinski definition) is 4. The number of carbonyl (C=O) groups is 2. The summed E-state index contributed by atoms with van der Waals surface area (Å²) in [6.07, 6.45) is 4.49. The number of anilines is 2. The van der Waals surface area contributed by atoms with Crippen LogP contribution in [0.15, 0.2) is 78.9 Å². The lowest BCUT2D eigenvalue weighted by Gasteiger charge is -2.21. The van der Waals surface area contributed by atoms with Crippen LogP contribution in [-0.4, -0.2) is 22.1 Å². The summed E-state index contributed by atoms with van der Waals surface area (Å²) < 4.78 is 0. The van der Waals surface area contributed by atoms with Crippen molar-refractivity contribution in [2.45, 2.75) is 18.9 Å². The van der Waals surface area contributed by atoms with Crippen LogP contribution in [0.3, 0.4) is 0 Å². The van der Waals surface area contributed by atoms with Crippen LogP contribution in [0.25, 0.3) is 6.08 Å². The van der Waals surface area contributed by atoms with Gasteiger partial charge in [0.15, 0.2) is 0 Å². The fraction of sp³-hybridized carbons (Fsp3) is 0.120. The second-order valence-electron chi connectivity index (χ2n) is 7.43. The average Bonchev–Trinajstić information content (AvgIpc) is 3.23. The van der Waals surface area contributed by atoms with E-state index >= 15 is 0 Å². The molecular weight excluding hydrogens is 390 g/mol. The number of hydrogen-bond donors (Lipinski definition) is 3. The van der Waals surface area contributed by atoms with Gasteiger partial charge < -0.3 is 11.1 Å². The molecule has 1 aliphatic carbocycles. The number of fused-ring (bicyclic) bond motifs is 1. The SMILES string of the molecule is Nc1ccccc1NC(=O)c1ccc(C=CC(=O)N(O)C2CCc3ccccc32)cc1. The minimum atomic E-state index is -0.483. The van der Waals surface area contributed by atoms with Crippen molar-refractivity contribution in [2.75, 3.05) is 11.1 Å². The molecule has 0 aromatic heterocycles. The first-order valence-electron chi connectivity index (χ1n) is 10.1. The number of nitrogens with one attached hydrogen (secondary N) is 1. The van der Waals surface area contributed by atoms with Crippen LogP contribution in [0.5, 0.6) is 0 Å². The van der Waals surface area contributed by atoms with E-state index in [1.165, 1.54) is 6.08 Å². The standard InChI is InChI=1S/C25H23N3O3/c26-21-7-3-4-8-22(21)27-25(30)19-12-9-17(10-13-19)11-16-24(29)28(31)23-15-14-18-5-1-2-6-20(18)23/h1-13,16,23,31H,14-15,26H2,(H,27,30). The van der Waals surface area contributed by atoms with Crippen molar-refractivity contribution in [3.8, 4) is 0 Å². The normalized spacial score (nSPS) is 14.9. The third kappa shape index (κ3) is 4.49. The Balaban J connectivity index is 1.39. The Hall–Kier alpha value is -3.90. The number of rotatable bonds is 5. The van der Waals surface area contributed by atoms with Gasteiger partial charge in [-0.25, -0.2) is 5.06 Å². The summed E-state index contributed by atoms with van der Waals surface area (Å²) in [5.41, 5.74) is 10.3. The van der Waals surface area contributed by atoms with Crippen LogP contribution in [0.4, 0.5) is 11.4 Å². The zero-order chi connectivity index (χ0) is 21.8. The average molecular weight is 413 g/mol. The van der Waals surface area contributed by atoms with E-state index in [0.29, 0.717) is 23.4 Å². The molecule has 0 saturated carbocycles. The Morgan fingerprint density at radius 3 is 2.48 bits per heavy atom. The predicted octanol–water partition coefficient (Wildman–Crippen LogP) is 4.44. The van der Waals surface area contributed by atoms with Gasteiger partial charge in [-0.2, -0.15) is 0 Å². The summed E-state index contributed by atoms with van der Waals surface area (Å²) in [4.78, 5) is 24.8. The lowest BCUT2D eigenvalue weighted by molar-refractivity contribution is -0.170. The maximum Gasteiger partial charge on any atom is 0.270 e. The number of para-hydroxylation sites is 2. The molecule has 0 spiro atoms. The van der Waals surface area contributed by atoms with Gasteiger partial charge in [-0.1, -0.05) is 48.5 Å². The molecule has 0 bridgehead atoms. The first-order valence-corrected chi connectivity index (χ1v) is 10.1. The Kier molecular flexibility index (Phi) is 5.82. The number of aryl methyl sites for hydroxylation is 1. The Labute approximate surface area is 180 Å². The van der Waals surface area contributed by atoms with E-state index in [2.05, 4.69) is 5.32 Å². The van der Waals surface area contributed by atoms with E-state index in [1.54, 1.807) is 54.6 Å². The summed E-state index contributed by atoms with van der Waals surface area (Å²) in [5.74, 6) is -0.756. The van der Waals surface area contributed by atoms with Crippen LogP contribution in [0.2, 0.25) is 0 Å². The molecular formula is C25H23N3O3. The molecule has 4 N–H and O–H groups in total. The van der Waals surface area contributed by atoms with Crippen molar-refractivity contribution in [1.29, 1.82) is 0 Å². The molecule has 1 aliphatic rings. The highest BCUT2D eigenvalue weighted by molar-refractivity contribution is 6.05. The third-order valence-corrected chi connectivity index (χ3v) is 5.42. The van der Waals surface area contributed by atoms with Gasteiger partial charge in [0, 0.05) is 11.6 Å². The first kappa shape index (κ1) is 20.4. The molecule has 156 valence electrons. The van der Waals surface area contributed by atoms with Crippen LogP contribution in [0.1, 0.15) is 39.5 Å². The zero-order valence-electron chi connectivity index (χ0n) is 16.9. The molecule has 1 atom stereocenters. The van der Waals surface area contributed by atoms with E-state index in [1.807, 2.05) is 24.3 Å². The molecule has 6 nitrogen and oxygen atoms in total. The number of nitrogens with zero attached hydrogens (tertiary/aromatic N) is 1. The molecule has 0 aliphatic heterocycles. The highest BCUT2D eigenvalue weighted by atomic mass is 16.5. The lowest BCUT2D eigenvalue weighted by atomic mass is 10.1. The summed E-state index contributed by atoms with van der Waals surface area (Å²) in [7, 11) is 0. The zero-order valence-corrected chi connectivity index (χ0v) is 16.9. The fourth-order valence-electron chi connectivity index (χ4n) is 3.74. The molecule has 3 aromatic rings. The van der Waals surface area contributed by atoms with Gasteiger partial charge in [-0.3, -0.25) is 14.8 Å². The number of amides is 2. The maximum absolute atomic E-state index is 12.4. The highest BCUT2D eigenvalue weighted by Crippen LogP contribution is 2.34. The minimum absolute atomic E-state index is 0.272. The smallest absolute Gasteiger partial charge is 0.270 e. The molecule has 4 rings (SSSR count). The number of benzene rings is 3. The second kappa shape index (κ2) is 8.85. The molecule has 31 heavy (non-hydrogen) atoms. The Bertz CT molecular complexity index is 1140. The summed E-state index contributed by atoms with van der Waals surface area (Å²) >= 11 is 0. The maximum atomic E-state index is 12.4. The summed E-state index contributed by atoms with van der Waals surface area (Å²) in [6, 6.07) is 21.4. The topological polar surface area (TPSA) is 95.7 Å². The number of hydroxylamine groups is 2. The summed E-state index contributed by atoms with van der Waals surface area (Å²) in [5, 5.41) is 14.0. The third-order valence-electron chi connectivity index (χ3n) is 5.42. The van der Waals surface area contributed by atoms with Crippen LogP contribution in [0, 0.1) is 0 Å². The number of nitrogen functional groups attached to an aromatic ring is 1. The van der Waals surface area contributed by atoms with Gasteiger partial charge in [-0.05, 0) is 59.9 Å². The molecule has 0 heterocycles. The number of carbonyl (C=O) groups excluding carboxylic acids is 2. The van der Waals surface area contributed by atoms with E-state index in [0.717, 1.165) is 28.2 Å². The monoisotopic (exact) mass is 413 g/mol. The Morgan fingerprint density at radius 2 is 1.71 bits per heavy atom. The second-order valence-corrected chi connectivity index (χ2v) is 7.43. The predicted molar refractivity (Wildman–Crippen MR) is 120 cm³/mol. The Morgan fingerprint density at radius 1 is 1.00 bits per heavy atom. The quantitative estimate of drug-likeness (QED) is 0.249. The van der Waals surface area contributed by atoms with E-state index in [-0.39, 0.29) is 11.9 Å². The summed E-state index contributed by atoms with van der Waals surface area (Å²) in [6.45, 7) is 0. The molecule has 6 heteroatoms. The van der Waals surface area contributed by atoms with Crippen molar-refractivity contribution in [1.82, 2.24) is 5.06 Å².